The lowest BCUT2D eigenvalue weighted by Crippen LogP contribution is -2.28. The highest BCUT2D eigenvalue weighted by Crippen LogP contribution is 2.35. The van der Waals surface area contributed by atoms with Crippen molar-refractivity contribution < 1.29 is 32.2 Å². The van der Waals surface area contributed by atoms with Crippen LogP contribution in [0, 0.1) is 0 Å². The van der Waals surface area contributed by atoms with Gasteiger partial charge in [-0.25, -0.2) is 0 Å². The third-order valence-electron chi connectivity index (χ3n) is 4.64. The highest BCUT2D eigenvalue weighted by Gasteiger charge is 2.31. The molecule has 11 heteroatoms. The first kappa shape index (κ1) is 25.6. The van der Waals surface area contributed by atoms with Crippen molar-refractivity contribution in [2.45, 2.75) is 19.5 Å². The number of thioether (sulfide) groups is 1. The van der Waals surface area contributed by atoms with Gasteiger partial charge in [-0.3, -0.25) is 14.5 Å². The quantitative estimate of drug-likeness (QED) is 0.382. The number of nitrogens with one attached hydrogen (secondary N) is 1. The molecule has 0 atom stereocenters. The first-order valence-corrected chi connectivity index (χ1v) is 11.4. The standard InChI is InChI=1S/C23H21F3N2O4S2/c1-3-9-28-21(30)19(34-22(28)33)11-14-7-8-17(18(10-14)31-2)32-13-20(29)27-16-6-4-5-15(12-16)23(24,25)26/h4-8,10-12H,3,9,13H2,1-2H3,(H,27,29)/b19-11-. The summed E-state index contributed by atoms with van der Waals surface area (Å²) in [5.41, 5.74) is -0.184. The lowest BCUT2D eigenvalue weighted by molar-refractivity contribution is -0.137. The number of carbonyl (C=O) groups excluding carboxylic acids is 2. The van der Waals surface area contributed by atoms with E-state index in [1.165, 1.54) is 31.0 Å². The number of amides is 2. The molecule has 1 aliphatic heterocycles. The van der Waals surface area contributed by atoms with Crippen LogP contribution in [0.3, 0.4) is 0 Å². The van der Waals surface area contributed by atoms with Crippen LogP contribution in [-0.2, 0) is 15.8 Å². The van der Waals surface area contributed by atoms with Crippen LogP contribution in [0.25, 0.3) is 6.08 Å². The van der Waals surface area contributed by atoms with E-state index in [9.17, 15) is 22.8 Å². The molecule has 2 amide bonds. The van der Waals surface area contributed by atoms with E-state index in [0.717, 1.165) is 18.6 Å². The van der Waals surface area contributed by atoms with E-state index in [0.29, 0.717) is 27.1 Å². The summed E-state index contributed by atoms with van der Waals surface area (Å²) < 4.78 is 49.8. The van der Waals surface area contributed by atoms with Crippen LogP contribution in [0.15, 0.2) is 47.4 Å². The molecule has 1 N–H and O–H groups in total. The van der Waals surface area contributed by atoms with Crippen molar-refractivity contribution in [3.05, 3.63) is 58.5 Å². The molecule has 0 aliphatic carbocycles. The number of ether oxygens (including phenoxy) is 2. The Morgan fingerprint density at radius 1 is 1.21 bits per heavy atom. The van der Waals surface area contributed by atoms with E-state index >= 15 is 0 Å². The van der Waals surface area contributed by atoms with Gasteiger partial charge in [0.2, 0.25) is 0 Å². The number of halogens is 3. The minimum atomic E-state index is -4.51. The monoisotopic (exact) mass is 510 g/mol. The first-order chi connectivity index (χ1) is 16.1. The normalized spacial score (nSPS) is 15.1. The third kappa shape index (κ3) is 6.29. The summed E-state index contributed by atoms with van der Waals surface area (Å²) in [5.74, 6) is -0.200. The summed E-state index contributed by atoms with van der Waals surface area (Å²) >= 11 is 6.49. The molecule has 180 valence electrons. The van der Waals surface area contributed by atoms with Gasteiger partial charge in [0.05, 0.1) is 17.6 Å². The van der Waals surface area contributed by atoms with Crippen molar-refractivity contribution >= 4 is 51.9 Å². The van der Waals surface area contributed by atoms with Crippen LogP contribution >= 0.6 is 24.0 Å². The molecule has 2 aromatic rings. The molecule has 0 spiro atoms. The fourth-order valence-electron chi connectivity index (χ4n) is 3.07. The molecule has 1 fully saturated rings. The van der Waals surface area contributed by atoms with Crippen molar-refractivity contribution in [3.63, 3.8) is 0 Å². The topological polar surface area (TPSA) is 67.9 Å². The highest BCUT2D eigenvalue weighted by atomic mass is 32.2. The summed E-state index contributed by atoms with van der Waals surface area (Å²) in [6.07, 6.45) is -2.02. The number of carbonyl (C=O) groups is 2. The van der Waals surface area contributed by atoms with E-state index in [1.54, 1.807) is 29.2 Å². The maximum atomic E-state index is 12.8. The summed E-state index contributed by atoms with van der Waals surface area (Å²) in [6, 6.07) is 9.23. The number of methoxy groups -OCH3 is 1. The zero-order valence-corrected chi connectivity index (χ0v) is 19.9. The Bertz CT molecular complexity index is 1140. The smallest absolute Gasteiger partial charge is 0.416 e. The second kappa shape index (κ2) is 10.9. The van der Waals surface area contributed by atoms with Crippen molar-refractivity contribution in [2.75, 3.05) is 25.6 Å². The highest BCUT2D eigenvalue weighted by molar-refractivity contribution is 8.26. The molecule has 0 unspecified atom stereocenters. The minimum absolute atomic E-state index is 0.00567. The summed E-state index contributed by atoms with van der Waals surface area (Å²) in [5, 5.41) is 2.37. The SMILES string of the molecule is CCCN1C(=O)/C(=C/c2ccc(OCC(=O)Nc3cccc(C(F)(F)F)c3)c(OC)c2)SC1=S. The van der Waals surface area contributed by atoms with Gasteiger partial charge in [-0.05, 0) is 48.4 Å². The fraction of sp³-hybridized carbons (Fsp3) is 0.261. The van der Waals surface area contributed by atoms with Crippen LogP contribution in [0.4, 0.5) is 18.9 Å². The van der Waals surface area contributed by atoms with Gasteiger partial charge in [0.1, 0.15) is 4.32 Å². The Labute approximate surface area is 204 Å². The Morgan fingerprint density at radius 2 is 1.97 bits per heavy atom. The summed E-state index contributed by atoms with van der Waals surface area (Å²) in [6.45, 7) is 2.08. The zero-order chi connectivity index (χ0) is 24.9. The number of rotatable bonds is 8. The van der Waals surface area contributed by atoms with E-state index in [2.05, 4.69) is 5.32 Å². The van der Waals surface area contributed by atoms with E-state index in [-0.39, 0.29) is 17.3 Å². The maximum Gasteiger partial charge on any atom is 0.416 e. The van der Waals surface area contributed by atoms with Crippen molar-refractivity contribution in [1.29, 1.82) is 0 Å². The summed E-state index contributed by atoms with van der Waals surface area (Å²) in [4.78, 5) is 26.7. The van der Waals surface area contributed by atoms with Crippen molar-refractivity contribution in [2.24, 2.45) is 0 Å². The number of anilines is 1. The number of hydrogen-bond acceptors (Lipinski definition) is 6. The molecule has 3 rings (SSSR count). The second-order valence-corrected chi connectivity index (χ2v) is 8.83. The zero-order valence-electron chi connectivity index (χ0n) is 18.3. The van der Waals surface area contributed by atoms with Crippen molar-refractivity contribution in [1.82, 2.24) is 4.90 Å². The molecule has 1 saturated heterocycles. The van der Waals surface area contributed by atoms with Gasteiger partial charge >= 0.3 is 6.18 Å². The van der Waals surface area contributed by atoms with Gasteiger partial charge in [0.15, 0.2) is 18.1 Å². The molecular weight excluding hydrogens is 489 g/mol. The van der Waals surface area contributed by atoms with Crippen LogP contribution in [-0.4, -0.2) is 41.3 Å². The molecule has 1 aliphatic rings. The number of benzene rings is 2. The number of alkyl halides is 3. The molecular formula is C23H21F3N2O4S2. The molecule has 1 heterocycles. The Kier molecular flexibility index (Phi) is 8.21. The van der Waals surface area contributed by atoms with Gasteiger partial charge < -0.3 is 14.8 Å². The van der Waals surface area contributed by atoms with Crippen LogP contribution < -0.4 is 14.8 Å². The van der Waals surface area contributed by atoms with Crippen LogP contribution in [0.1, 0.15) is 24.5 Å². The lowest BCUT2D eigenvalue weighted by Gasteiger charge is -2.13. The molecule has 2 aromatic carbocycles. The molecule has 0 bridgehead atoms. The summed E-state index contributed by atoms with van der Waals surface area (Å²) in [7, 11) is 1.43. The van der Waals surface area contributed by atoms with E-state index < -0.39 is 24.3 Å². The van der Waals surface area contributed by atoms with Crippen LogP contribution in [0.5, 0.6) is 11.5 Å². The van der Waals surface area contributed by atoms with Gasteiger partial charge in [0, 0.05) is 12.2 Å². The Balaban J connectivity index is 1.66. The second-order valence-electron chi connectivity index (χ2n) is 7.16. The molecule has 0 saturated carbocycles. The minimum Gasteiger partial charge on any atom is -0.493 e. The van der Waals surface area contributed by atoms with Gasteiger partial charge in [-0.15, -0.1) is 0 Å². The largest absolute Gasteiger partial charge is 0.493 e. The Morgan fingerprint density at radius 3 is 2.65 bits per heavy atom. The maximum absolute atomic E-state index is 12.8. The molecule has 0 aromatic heterocycles. The number of hydrogen-bond donors (Lipinski definition) is 1. The average molecular weight is 511 g/mol. The third-order valence-corrected chi connectivity index (χ3v) is 6.02. The van der Waals surface area contributed by atoms with Gasteiger partial charge in [0.25, 0.3) is 11.8 Å². The van der Waals surface area contributed by atoms with Crippen molar-refractivity contribution in [3.8, 4) is 11.5 Å². The molecule has 6 nitrogen and oxygen atoms in total. The predicted molar refractivity (Wildman–Crippen MR) is 129 cm³/mol. The first-order valence-electron chi connectivity index (χ1n) is 10.2. The Hall–Kier alpha value is -3.05. The lowest BCUT2D eigenvalue weighted by atomic mass is 10.2. The molecule has 34 heavy (non-hydrogen) atoms. The fourth-order valence-corrected chi connectivity index (χ4v) is 4.38. The van der Waals surface area contributed by atoms with Gasteiger partial charge in [-0.2, -0.15) is 13.2 Å². The predicted octanol–water partition coefficient (Wildman–Crippen LogP) is 5.34. The van der Waals surface area contributed by atoms with Crippen LogP contribution in [0.2, 0.25) is 0 Å². The van der Waals surface area contributed by atoms with E-state index in [1.807, 2.05) is 6.92 Å². The van der Waals surface area contributed by atoms with E-state index in [4.69, 9.17) is 21.7 Å². The molecule has 0 radical (unpaired) electrons. The average Bonchev–Trinajstić information content (AvgIpc) is 3.05. The number of nitrogens with zero attached hydrogens (tertiary/aromatic N) is 1. The number of thiocarbonyl (C=S) groups is 1. The van der Waals surface area contributed by atoms with Gasteiger partial charge in [-0.1, -0.05) is 43.0 Å².